The van der Waals surface area contributed by atoms with Crippen molar-refractivity contribution in [3.63, 3.8) is 0 Å². The Morgan fingerprint density at radius 2 is 2.29 bits per heavy atom. The summed E-state index contributed by atoms with van der Waals surface area (Å²) in [7, 11) is -1.75. The first-order valence-corrected chi connectivity index (χ1v) is 8.04. The maximum Gasteiger partial charge on any atom is 0.232 e. The molecule has 7 heteroatoms. The van der Waals surface area contributed by atoms with Crippen molar-refractivity contribution in [2.45, 2.75) is 6.92 Å². The van der Waals surface area contributed by atoms with Gasteiger partial charge >= 0.3 is 0 Å². The summed E-state index contributed by atoms with van der Waals surface area (Å²) in [6.07, 6.45) is 4.89. The summed E-state index contributed by atoms with van der Waals surface area (Å²) in [6.45, 7) is 1.59. The fraction of sp³-hybridized carbons (Fsp3) is 0.214. The van der Waals surface area contributed by atoms with Crippen LogP contribution in [0.4, 0.5) is 5.69 Å². The quantitative estimate of drug-likeness (QED) is 0.801. The zero-order valence-corrected chi connectivity index (χ0v) is 12.6. The molecule has 2 rings (SSSR count). The van der Waals surface area contributed by atoms with Gasteiger partial charge in [-0.05, 0) is 24.6 Å². The maximum atomic E-state index is 11.6. The SMILES string of the molecule is CCS(=O)(=O)Nc1cccc(/C(=C/OC)c2c[nH]cn2)c1. The first kappa shape index (κ1) is 15.1. The molecule has 112 valence electrons. The average Bonchev–Trinajstić information content (AvgIpc) is 2.98. The Morgan fingerprint density at radius 1 is 1.48 bits per heavy atom. The molecule has 0 aliphatic heterocycles. The third-order valence-electron chi connectivity index (χ3n) is 2.84. The topological polar surface area (TPSA) is 84.1 Å². The summed E-state index contributed by atoms with van der Waals surface area (Å²) in [6, 6.07) is 7.08. The van der Waals surface area contributed by atoms with Crippen LogP contribution in [0.5, 0.6) is 0 Å². The third kappa shape index (κ3) is 3.85. The molecule has 0 saturated heterocycles. The molecule has 0 unspecified atom stereocenters. The van der Waals surface area contributed by atoms with Gasteiger partial charge in [0.15, 0.2) is 0 Å². The molecule has 1 heterocycles. The van der Waals surface area contributed by atoms with E-state index < -0.39 is 10.0 Å². The number of rotatable bonds is 6. The van der Waals surface area contributed by atoms with Gasteiger partial charge in [0.1, 0.15) is 0 Å². The Hall–Kier alpha value is -2.28. The molecule has 1 aromatic carbocycles. The number of aromatic amines is 1. The number of nitrogens with one attached hydrogen (secondary N) is 2. The lowest BCUT2D eigenvalue weighted by molar-refractivity contribution is 0.340. The van der Waals surface area contributed by atoms with E-state index in [1.165, 1.54) is 0 Å². The van der Waals surface area contributed by atoms with Gasteiger partial charge in [0.25, 0.3) is 0 Å². The van der Waals surface area contributed by atoms with Gasteiger partial charge in [-0.25, -0.2) is 13.4 Å². The highest BCUT2D eigenvalue weighted by atomic mass is 32.2. The van der Waals surface area contributed by atoms with E-state index in [1.807, 2.05) is 6.07 Å². The molecule has 0 amide bonds. The number of hydrogen-bond acceptors (Lipinski definition) is 4. The minimum Gasteiger partial charge on any atom is -0.504 e. The van der Waals surface area contributed by atoms with Crippen molar-refractivity contribution in [1.82, 2.24) is 9.97 Å². The predicted octanol–water partition coefficient (Wildman–Crippen LogP) is 2.21. The molecule has 21 heavy (non-hydrogen) atoms. The minimum atomic E-state index is -3.30. The molecule has 2 N–H and O–H groups in total. The molecule has 0 saturated carbocycles. The van der Waals surface area contributed by atoms with E-state index in [1.54, 1.807) is 51.0 Å². The molecular formula is C14H17N3O3S. The van der Waals surface area contributed by atoms with Gasteiger partial charge < -0.3 is 9.72 Å². The van der Waals surface area contributed by atoms with Crippen LogP contribution in [-0.4, -0.2) is 31.2 Å². The Labute approximate surface area is 123 Å². The van der Waals surface area contributed by atoms with Gasteiger partial charge in [-0.1, -0.05) is 12.1 Å². The highest BCUT2D eigenvalue weighted by Crippen LogP contribution is 2.24. The second kappa shape index (κ2) is 6.45. The Morgan fingerprint density at radius 3 is 2.90 bits per heavy atom. The van der Waals surface area contributed by atoms with Gasteiger partial charge in [-0.2, -0.15) is 0 Å². The number of methoxy groups -OCH3 is 1. The summed E-state index contributed by atoms with van der Waals surface area (Å²) in [4.78, 5) is 7.07. The van der Waals surface area contributed by atoms with Crippen molar-refractivity contribution in [2.24, 2.45) is 0 Å². The fourth-order valence-corrected chi connectivity index (χ4v) is 2.43. The van der Waals surface area contributed by atoms with E-state index in [9.17, 15) is 8.42 Å². The number of hydrogen-bond donors (Lipinski definition) is 2. The molecule has 0 spiro atoms. The van der Waals surface area contributed by atoms with Gasteiger partial charge in [0.05, 0.1) is 31.1 Å². The Bertz CT molecular complexity index is 722. The van der Waals surface area contributed by atoms with Gasteiger partial charge in [0, 0.05) is 17.5 Å². The van der Waals surface area contributed by atoms with Crippen LogP contribution in [0.2, 0.25) is 0 Å². The van der Waals surface area contributed by atoms with Crippen molar-refractivity contribution >= 4 is 21.3 Å². The first-order chi connectivity index (χ1) is 10.1. The number of H-pyrrole nitrogens is 1. The van der Waals surface area contributed by atoms with Gasteiger partial charge in [0.2, 0.25) is 10.0 Å². The number of nitrogens with zero attached hydrogens (tertiary/aromatic N) is 1. The fourth-order valence-electron chi connectivity index (χ4n) is 1.80. The minimum absolute atomic E-state index is 0.0252. The van der Waals surface area contributed by atoms with E-state index in [0.29, 0.717) is 11.4 Å². The molecule has 1 aromatic heterocycles. The van der Waals surface area contributed by atoms with E-state index in [4.69, 9.17) is 4.74 Å². The van der Waals surface area contributed by atoms with Crippen molar-refractivity contribution in [1.29, 1.82) is 0 Å². The van der Waals surface area contributed by atoms with Crippen LogP contribution in [0.25, 0.3) is 5.57 Å². The number of imidazole rings is 1. The molecule has 0 aliphatic rings. The third-order valence-corrected chi connectivity index (χ3v) is 4.14. The smallest absolute Gasteiger partial charge is 0.232 e. The lowest BCUT2D eigenvalue weighted by atomic mass is 10.0. The van der Waals surface area contributed by atoms with Crippen LogP contribution >= 0.6 is 0 Å². The lowest BCUT2D eigenvalue weighted by Crippen LogP contribution is -2.14. The van der Waals surface area contributed by atoms with Crippen molar-refractivity contribution in [3.8, 4) is 0 Å². The molecular weight excluding hydrogens is 290 g/mol. The molecule has 0 atom stereocenters. The standard InChI is InChI=1S/C14H17N3O3S/c1-3-21(18,19)17-12-6-4-5-11(7-12)13(9-20-2)14-8-15-10-16-14/h4-10,17H,3H2,1-2H3,(H,15,16)/b13-9-. The molecule has 0 radical (unpaired) electrons. The summed E-state index contributed by atoms with van der Waals surface area (Å²) in [5.41, 5.74) is 2.79. The van der Waals surface area contributed by atoms with Gasteiger partial charge in [-0.3, -0.25) is 4.72 Å². The highest BCUT2D eigenvalue weighted by Gasteiger charge is 2.11. The zero-order valence-electron chi connectivity index (χ0n) is 11.8. The average molecular weight is 307 g/mol. The van der Waals surface area contributed by atoms with Crippen molar-refractivity contribution in [3.05, 3.63) is 54.3 Å². The first-order valence-electron chi connectivity index (χ1n) is 6.39. The van der Waals surface area contributed by atoms with E-state index in [0.717, 1.165) is 11.1 Å². The summed E-state index contributed by atoms with van der Waals surface area (Å²) < 4.78 is 30.9. The van der Waals surface area contributed by atoms with Crippen molar-refractivity contribution < 1.29 is 13.2 Å². The van der Waals surface area contributed by atoms with Crippen LogP contribution in [-0.2, 0) is 14.8 Å². The summed E-state index contributed by atoms with van der Waals surface area (Å²) in [5, 5.41) is 0. The second-order valence-corrected chi connectivity index (χ2v) is 6.32. The number of sulfonamides is 1. The molecule has 0 fully saturated rings. The summed E-state index contributed by atoms with van der Waals surface area (Å²) in [5.74, 6) is 0.0252. The van der Waals surface area contributed by atoms with E-state index >= 15 is 0 Å². The largest absolute Gasteiger partial charge is 0.504 e. The number of benzene rings is 1. The molecule has 6 nitrogen and oxygen atoms in total. The van der Waals surface area contributed by atoms with Crippen LogP contribution in [0.3, 0.4) is 0 Å². The molecule has 0 bridgehead atoms. The Balaban J connectivity index is 2.38. The molecule has 0 aliphatic carbocycles. The summed E-state index contributed by atoms with van der Waals surface area (Å²) >= 11 is 0. The van der Waals surface area contributed by atoms with Crippen LogP contribution in [0.15, 0.2) is 43.1 Å². The predicted molar refractivity (Wildman–Crippen MR) is 82.2 cm³/mol. The number of ether oxygens (including phenoxy) is 1. The zero-order chi connectivity index (χ0) is 15.3. The number of anilines is 1. The van der Waals surface area contributed by atoms with Gasteiger partial charge in [-0.15, -0.1) is 0 Å². The van der Waals surface area contributed by atoms with E-state index in [-0.39, 0.29) is 5.75 Å². The van der Waals surface area contributed by atoms with E-state index in [2.05, 4.69) is 14.7 Å². The number of aromatic nitrogens is 2. The monoisotopic (exact) mass is 307 g/mol. The normalized spacial score (nSPS) is 12.2. The maximum absolute atomic E-state index is 11.6. The molecule has 2 aromatic rings. The van der Waals surface area contributed by atoms with Crippen molar-refractivity contribution in [2.75, 3.05) is 17.6 Å². The highest BCUT2D eigenvalue weighted by molar-refractivity contribution is 7.92. The van der Waals surface area contributed by atoms with Crippen LogP contribution < -0.4 is 4.72 Å². The van der Waals surface area contributed by atoms with Crippen LogP contribution in [0.1, 0.15) is 18.2 Å². The Kier molecular flexibility index (Phi) is 4.64. The van der Waals surface area contributed by atoms with Crippen LogP contribution in [0, 0.1) is 0 Å². The second-order valence-electron chi connectivity index (χ2n) is 4.31. The lowest BCUT2D eigenvalue weighted by Gasteiger charge is -2.09.